The lowest BCUT2D eigenvalue weighted by molar-refractivity contribution is 0.600. The second-order valence-electron chi connectivity index (χ2n) is 3.05. The van der Waals surface area contributed by atoms with Crippen LogP contribution < -0.4 is 10.0 Å². The molecule has 0 saturated heterocycles. The number of nitrogens with zero attached hydrogens (tertiary/aromatic N) is 1. The summed E-state index contributed by atoms with van der Waals surface area (Å²) in [5, 5.41) is 0. The molecule has 0 spiro atoms. The van der Waals surface area contributed by atoms with Gasteiger partial charge in [-0.15, -0.1) is 0 Å². The fourth-order valence-electron chi connectivity index (χ4n) is 1.03. The van der Waals surface area contributed by atoms with Crippen LogP contribution >= 0.6 is 0 Å². The molecule has 0 fully saturated rings. The Morgan fingerprint density at radius 3 is 2.20 bits per heavy atom. The highest BCUT2D eigenvalue weighted by molar-refractivity contribution is 7.92. The summed E-state index contributed by atoms with van der Waals surface area (Å²) in [6, 6.07) is 9.08. The molecule has 1 aromatic rings. The van der Waals surface area contributed by atoms with E-state index in [1.165, 1.54) is 11.4 Å². The highest BCUT2D eigenvalue weighted by atomic mass is 32.2. The van der Waals surface area contributed by atoms with Crippen molar-refractivity contribution in [2.75, 3.05) is 17.6 Å². The van der Waals surface area contributed by atoms with E-state index in [4.69, 9.17) is 5.73 Å². The van der Waals surface area contributed by atoms with Crippen molar-refractivity contribution in [3.63, 3.8) is 0 Å². The molecule has 0 saturated carbocycles. The van der Waals surface area contributed by atoms with Gasteiger partial charge in [-0.3, -0.25) is 4.31 Å². The molecule has 0 amide bonds. The minimum absolute atomic E-state index is 0.597. The van der Waals surface area contributed by atoms with Gasteiger partial charge in [-0.05, 0) is 30.2 Å². The largest absolute Gasteiger partial charge is 0.359 e. The van der Waals surface area contributed by atoms with Gasteiger partial charge >= 0.3 is 0 Å². The van der Waals surface area contributed by atoms with Gasteiger partial charge in [0.25, 0.3) is 0 Å². The molecule has 0 bridgehead atoms. The molecule has 0 aliphatic heterocycles. The molecule has 0 radical (unpaired) electrons. The molecular weight excluding hydrogens is 212 g/mol. The van der Waals surface area contributed by atoms with Gasteiger partial charge in [-0.2, -0.15) is 0 Å². The number of benzene rings is 1. The minimum atomic E-state index is -3.21. The van der Waals surface area contributed by atoms with Crippen LogP contribution in [0.25, 0.3) is 0 Å². The van der Waals surface area contributed by atoms with Gasteiger partial charge < -0.3 is 5.73 Å². The lowest BCUT2D eigenvalue weighted by atomic mass is 10.2. The number of hydrogen-bond donors (Lipinski definition) is 1. The number of nitrogens with two attached hydrogens (primary N) is 1. The van der Waals surface area contributed by atoms with E-state index >= 15 is 0 Å². The van der Waals surface area contributed by atoms with E-state index in [2.05, 4.69) is 12.0 Å². The number of hydrogen-bond acceptors (Lipinski definition) is 3. The second kappa shape index (κ2) is 4.24. The molecule has 0 aliphatic carbocycles. The Labute approximate surface area is 89.8 Å². The zero-order chi connectivity index (χ0) is 11.5. The fraction of sp³-hybridized carbons (Fsp3) is 0.200. The molecule has 0 aromatic heterocycles. The van der Waals surface area contributed by atoms with E-state index < -0.39 is 10.0 Å². The van der Waals surface area contributed by atoms with E-state index in [1.807, 2.05) is 0 Å². The van der Waals surface area contributed by atoms with Crippen LogP contribution in [0, 0.1) is 12.0 Å². The van der Waals surface area contributed by atoms with Crippen LogP contribution in [0.5, 0.6) is 0 Å². The quantitative estimate of drug-likeness (QED) is 0.582. The summed E-state index contributed by atoms with van der Waals surface area (Å²) in [4.78, 5) is 0. The van der Waals surface area contributed by atoms with Crippen LogP contribution in [-0.2, 0) is 10.0 Å². The number of sulfonamides is 1. The maximum Gasteiger partial charge on any atom is 0.231 e. The molecule has 80 valence electrons. The molecule has 2 N–H and O–H groups in total. The number of rotatable bonds is 2. The standard InChI is InChI=1S/C10H12N2O2S/c1-12(15(2,13)14)10-5-3-9(4-6-10)7-8-11/h3-6H,11H2,1-2H3. The Kier molecular flexibility index (Phi) is 3.22. The minimum Gasteiger partial charge on any atom is -0.359 e. The van der Waals surface area contributed by atoms with E-state index in [0.29, 0.717) is 5.69 Å². The summed E-state index contributed by atoms with van der Waals surface area (Å²) >= 11 is 0. The zero-order valence-electron chi connectivity index (χ0n) is 8.56. The Balaban J connectivity index is 3.03. The van der Waals surface area contributed by atoms with E-state index in [9.17, 15) is 8.42 Å². The van der Waals surface area contributed by atoms with Crippen LogP contribution in [0.1, 0.15) is 5.56 Å². The summed E-state index contributed by atoms with van der Waals surface area (Å²) in [5.74, 6) is 2.67. The topological polar surface area (TPSA) is 63.4 Å². The van der Waals surface area contributed by atoms with E-state index in [0.717, 1.165) is 11.8 Å². The van der Waals surface area contributed by atoms with Crippen molar-refractivity contribution >= 4 is 15.7 Å². The van der Waals surface area contributed by atoms with Gasteiger partial charge in [0, 0.05) is 18.7 Å². The Morgan fingerprint density at radius 2 is 1.80 bits per heavy atom. The molecular formula is C10H12N2O2S. The van der Waals surface area contributed by atoms with Crippen molar-refractivity contribution in [2.24, 2.45) is 5.73 Å². The van der Waals surface area contributed by atoms with E-state index in [-0.39, 0.29) is 0 Å². The smallest absolute Gasteiger partial charge is 0.231 e. The summed E-state index contributed by atoms with van der Waals surface area (Å²) in [6.07, 6.45) is 1.15. The first-order valence-corrected chi connectivity index (χ1v) is 6.05. The van der Waals surface area contributed by atoms with Crippen LogP contribution in [0.2, 0.25) is 0 Å². The van der Waals surface area contributed by atoms with Gasteiger partial charge in [0.15, 0.2) is 0 Å². The monoisotopic (exact) mass is 224 g/mol. The molecule has 0 unspecified atom stereocenters. The maximum absolute atomic E-state index is 11.2. The van der Waals surface area contributed by atoms with Crippen LogP contribution in [0.4, 0.5) is 5.69 Å². The lowest BCUT2D eigenvalue weighted by Gasteiger charge is -2.16. The van der Waals surface area contributed by atoms with Crippen molar-refractivity contribution in [2.45, 2.75) is 0 Å². The lowest BCUT2D eigenvalue weighted by Crippen LogP contribution is -2.24. The highest BCUT2D eigenvalue weighted by Gasteiger charge is 2.10. The maximum atomic E-state index is 11.2. The molecule has 4 nitrogen and oxygen atoms in total. The zero-order valence-corrected chi connectivity index (χ0v) is 9.38. The molecule has 1 rings (SSSR count). The van der Waals surface area contributed by atoms with E-state index in [1.54, 1.807) is 24.3 Å². The average Bonchev–Trinajstić information content (AvgIpc) is 2.17. The van der Waals surface area contributed by atoms with Gasteiger partial charge in [0.05, 0.1) is 11.9 Å². The SMILES string of the molecule is CN(c1ccc(C#CN)cc1)S(C)(=O)=O. The Hall–Kier alpha value is -1.67. The predicted octanol–water partition coefficient (Wildman–Crippen LogP) is 0.350. The van der Waals surface area contributed by atoms with Gasteiger partial charge in [-0.1, -0.05) is 0 Å². The Morgan fingerprint density at radius 1 is 1.27 bits per heavy atom. The van der Waals surface area contributed by atoms with Gasteiger partial charge in [0.2, 0.25) is 10.0 Å². The third kappa shape index (κ3) is 2.89. The van der Waals surface area contributed by atoms with Gasteiger partial charge in [-0.25, -0.2) is 8.42 Å². The third-order valence-electron chi connectivity index (χ3n) is 1.94. The number of anilines is 1. The molecule has 1 aromatic carbocycles. The normalized spacial score (nSPS) is 10.3. The first-order valence-electron chi connectivity index (χ1n) is 4.21. The summed E-state index contributed by atoms with van der Waals surface area (Å²) < 4.78 is 23.6. The molecule has 5 heteroatoms. The third-order valence-corrected chi connectivity index (χ3v) is 3.15. The highest BCUT2D eigenvalue weighted by Crippen LogP contribution is 2.15. The van der Waals surface area contributed by atoms with Crippen molar-refractivity contribution in [1.82, 2.24) is 0 Å². The molecule has 0 aliphatic rings. The van der Waals surface area contributed by atoms with Gasteiger partial charge in [0.1, 0.15) is 0 Å². The van der Waals surface area contributed by atoms with Crippen LogP contribution in [0.15, 0.2) is 24.3 Å². The Bertz CT molecular complexity index is 494. The average molecular weight is 224 g/mol. The van der Waals surface area contributed by atoms with Crippen molar-refractivity contribution in [3.8, 4) is 12.0 Å². The first-order chi connectivity index (χ1) is 6.95. The van der Waals surface area contributed by atoms with Crippen LogP contribution in [0.3, 0.4) is 0 Å². The predicted molar refractivity (Wildman–Crippen MR) is 60.8 cm³/mol. The second-order valence-corrected chi connectivity index (χ2v) is 5.06. The molecule has 0 heterocycles. The summed E-state index contributed by atoms with van der Waals surface area (Å²) in [7, 11) is -1.71. The van der Waals surface area contributed by atoms with Crippen molar-refractivity contribution in [1.29, 1.82) is 0 Å². The van der Waals surface area contributed by atoms with Crippen LogP contribution in [-0.4, -0.2) is 21.7 Å². The first kappa shape index (κ1) is 11.4. The fourth-order valence-corrected chi connectivity index (χ4v) is 1.53. The molecule has 15 heavy (non-hydrogen) atoms. The van der Waals surface area contributed by atoms with Crippen molar-refractivity contribution < 1.29 is 8.42 Å². The summed E-state index contributed by atoms with van der Waals surface area (Å²) in [6.45, 7) is 0. The van der Waals surface area contributed by atoms with Crippen molar-refractivity contribution in [3.05, 3.63) is 29.8 Å². The molecule has 0 atom stereocenters. The summed E-state index contributed by atoms with van der Waals surface area (Å²) in [5.41, 5.74) is 6.41.